The van der Waals surface area contributed by atoms with Crippen molar-refractivity contribution in [3.05, 3.63) is 183 Å². The minimum atomic E-state index is -2.40. The van der Waals surface area contributed by atoms with Gasteiger partial charge in [0.2, 0.25) is 0 Å². The normalized spacial score (nSPS) is 17.2. The van der Waals surface area contributed by atoms with E-state index in [4.69, 9.17) is 27.9 Å². The quantitative estimate of drug-likeness (QED) is 0.154. The number of anilines is 3. The van der Waals surface area contributed by atoms with Gasteiger partial charge in [-0.3, -0.25) is 27.9 Å². The van der Waals surface area contributed by atoms with E-state index in [2.05, 4.69) is 198 Å². The molecule has 0 unspecified atom stereocenters. The van der Waals surface area contributed by atoms with E-state index in [0.717, 1.165) is 71.5 Å². The van der Waals surface area contributed by atoms with Gasteiger partial charge in [0.05, 0.1) is 49.2 Å². The molecule has 0 N–H and O–H groups in total. The number of nitrogens with zero attached hydrogens (tertiary/aromatic N) is 7. The largest absolute Gasteiger partial charge is 0.304 e. The van der Waals surface area contributed by atoms with Crippen LogP contribution >= 0.6 is 0 Å². The molecule has 0 saturated carbocycles. The van der Waals surface area contributed by atoms with Crippen molar-refractivity contribution in [3.63, 3.8) is 0 Å². The second kappa shape index (κ2) is 13.1. The molecule has 3 heterocycles. The monoisotopic (exact) mass is 841 g/mol. The van der Waals surface area contributed by atoms with Gasteiger partial charge in [-0.1, -0.05) is 129 Å². The maximum Gasteiger partial charge on any atom is 0.298 e. The van der Waals surface area contributed by atoms with E-state index in [0.29, 0.717) is 0 Å². The number of hydrogen-bond donors (Lipinski definition) is 0. The van der Waals surface area contributed by atoms with Gasteiger partial charge >= 0.3 is 0 Å². The highest BCUT2D eigenvalue weighted by Gasteiger charge is 2.37. The summed E-state index contributed by atoms with van der Waals surface area (Å²) in [7, 11) is -6.96. The first-order valence-corrected chi connectivity index (χ1v) is 29.9. The summed E-state index contributed by atoms with van der Waals surface area (Å²) in [5.74, 6) is 0. The van der Waals surface area contributed by atoms with Crippen molar-refractivity contribution >= 4 is 42.3 Å². The zero-order valence-electron chi connectivity index (χ0n) is 35.9. The van der Waals surface area contributed by atoms with Gasteiger partial charge < -0.3 is 4.90 Å². The molecule has 1 aliphatic carbocycles. The van der Waals surface area contributed by atoms with Crippen molar-refractivity contribution in [2.75, 3.05) is 4.90 Å². The molecule has 0 aromatic heterocycles. The molecule has 0 bridgehead atoms. The highest BCUT2D eigenvalue weighted by atomic mass is 28.4. The molecule has 0 fully saturated rings. The predicted molar refractivity (Wildman–Crippen MR) is 254 cm³/mol. The molecule has 10 heteroatoms. The number of hydrogen-bond acceptors (Lipinski definition) is 7. The molecule has 0 amide bonds. The molecule has 7 nitrogen and oxygen atoms in total. The van der Waals surface area contributed by atoms with E-state index < -0.39 is 25.2 Å². The van der Waals surface area contributed by atoms with Crippen molar-refractivity contribution in [1.29, 1.82) is 0 Å². The Bertz CT molecular complexity index is 3430. The standard InChI is InChI=1S/C51H47N7Si3/c1-51(2)39-20-13-12-18-38(39)45-35(19-14-21-40(45)51)33-24-26-34(27-25-33)37-29-31-44(50-47(37)54-61(7,8)57-50)58(42-23-15-22-41-48(42)55-59(3,4)52-41)43-30-28-36(32-16-10-9-11-17-32)46-49(43)56-60(5,6)53-46/h9-31H,1-8H3. The lowest BCUT2D eigenvalue weighted by Gasteiger charge is -2.26. The lowest BCUT2D eigenvalue weighted by molar-refractivity contribution is 0.660. The molecule has 0 spiro atoms. The third kappa shape index (κ3) is 6.02. The van der Waals surface area contributed by atoms with Crippen molar-refractivity contribution in [2.45, 2.75) is 58.5 Å². The molecule has 61 heavy (non-hydrogen) atoms. The fraction of sp³-hybridized carbons (Fsp3) is 0.176. The van der Waals surface area contributed by atoms with Gasteiger partial charge in [0.15, 0.2) is 0 Å². The van der Waals surface area contributed by atoms with Gasteiger partial charge in [-0.05, 0) is 108 Å². The van der Waals surface area contributed by atoms with Crippen LogP contribution in [0.3, 0.4) is 0 Å². The van der Waals surface area contributed by atoms with Crippen LogP contribution in [0.15, 0.2) is 167 Å². The Kier molecular flexibility index (Phi) is 8.14. The first-order valence-electron chi connectivity index (χ1n) is 21.2. The van der Waals surface area contributed by atoms with Crippen LogP contribution in [0.25, 0.3) is 44.5 Å². The zero-order chi connectivity index (χ0) is 42.1. The maximum absolute atomic E-state index is 5.53. The van der Waals surface area contributed by atoms with E-state index in [1.807, 2.05) is 0 Å². The van der Waals surface area contributed by atoms with Crippen LogP contribution in [0.1, 0.15) is 25.0 Å². The Morgan fingerprint density at radius 2 is 0.820 bits per heavy atom. The van der Waals surface area contributed by atoms with E-state index in [1.54, 1.807) is 0 Å². The summed E-state index contributed by atoms with van der Waals surface area (Å²) >= 11 is 0. The zero-order valence-corrected chi connectivity index (χ0v) is 38.9. The van der Waals surface area contributed by atoms with Crippen molar-refractivity contribution < 1.29 is 0 Å². The number of rotatable bonds is 6. The molecule has 7 aromatic rings. The maximum atomic E-state index is 5.53. The molecule has 3 aliphatic heterocycles. The molecule has 0 radical (unpaired) electrons. The molecule has 4 aliphatic rings. The summed E-state index contributed by atoms with van der Waals surface area (Å²) in [6.45, 7) is 17.9. The van der Waals surface area contributed by atoms with Crippen molar-refractivity contribution in [1.82, 2.24) is 0 Å². The molecule has 0 atom stereocenters. The molecule has 298 valence electrons. The summed E-state index contributed by atoms with van der Waals surface area (Å²) in [6.07, 6.45) is 0. The van der Waals surface area contributed by atoms with Gasteiger partial charge in [0.25, 0.3) is 25.2 Å². The van der Waals surface area contributed by atoms with Crippen LogP contribution in [-0.4, -0.2) is 25.2 Å². The highest BCUT2D eigenvalue weighted by Crippen LogP contribution is 2.52. The van der Waals surface area contributed by atoms with Gasteiger partial charge in [0.1, 0.15) is 0 Å². The Balaban J connectivity index is 1.11. The van der Waals surface area contributed by atoms with Crippen LogP contribution in [0.4, 0.5) is 17.1 Å². The molecular weight excluding hydrogens is 795 g/mol. The SMILES string of the molecule is CC1(C)c2ccccc2-c2c(-c3ccc(-c4ccc(N(c5cccc6c5=N[Si](C)(C)N=6)c5ccc(-c6ccccc6)c6c5=N[Si](C)(C)N=6)c5c4=N[Si](C)(C)N=5)cc3)cccc21. The third-order valence-electron chi connectivity index (χ3n) is 12.5. The van der Waals surface area contributed by atoms with Crippen LogP contribution in [-0.2, 0) is 5.41 Å². The van der Waals surface area contributed by atoms with Crippen LogP contribution < -0.4 is 37.0 Å². The second-order valence-corrected chi connectivity index (χ2v) is 28.9. The van der Waals surface area contributed by atoms with E-state index in [1.165, 1.54) is 33.4 Å². The Morgan fingerprint density at radius 1 is 0.361 bits per heavy atom. The number of benzene rings is 7. The summed E-state index contributed by atoms with van der Waals surface area (Å²) in [5.41, 5.74) is 15.2. The third-order valence-corrected chi connectivity index (χ3v) is 17.1. The molecular formula is C51H47N7Si3. The van der Waals surface area contributed by atoms with Crippen LogP contribution in [0, 0.1) is 0 Å². The number of fused-ring (bicyclic) bond motifs is 6. The summed E-state index contributed by atoms with van der Waals surface area (Å²) in [5, 5.41) is 5.59. The van der Waals surface area contributed by atoms with E-state index in [9.17, 15) is 0 Å². The van der Waals surface area contributed by atoms with E-state index in [-0.39, 0.29) is 5.41 Å². The first kappa shape index (κ1) is 37.8. The Hall–Kier alpha value is -6.21. The van der Waals surface area contributed by atoms with Gasteiger partial charge in [0, 0.05) is 16.5 Å². The van der Waals surface area contributed by atoms with Gasteiger partial charge in [-0.2, -0.15) is 0 Å². The fourth-order valence-corrected chi connectivity index (χ4v) is 14.7. The lowest BCUT2D eigenvalue weighted by Crippen LogP contribution is -2.38. The Labute approximate surface area is 359 Å². The van der Waals surface area contributed by atoms with Crippen molar-refractivity contribution in [2.24, 2.45) is 27.9 Å². The molecule has 7 aromatic carbocycles. The second-order valence-electron chi connectivity index (χ2n) is 18.6. The lowest BCUT2D eigenvalue weighted by atomic mass is 9.82. The van der Waals surface area contributed by atoms with Crippen LogP contribution in [0.2, 0.25) is 39.3 Å². The molecule has 11 rings (SSSR count). The summed E-state index contributed by atoms with van der Waals surface area (Å²) in [4.78, 5) is 2.34. The van der Waals surface area contributed by atoms with Crippen LogP contribution in [0.5, 0.6) is 0 Å². The average molecular weight is 842 g/mol. The topological polar surface area (TPSA) is 77.4 Å². The smallest absolute Gasteiger partial charge is 0.298 e. The average Bonchev–Trinajstić information content (AvgIpc) is 3.93. The summed E-state index contributed by atoms with van der Waals surface area (Å²) in [6, 6.07) is 50.6. The van der Waals surface area contributed by atoms with Gasteiger partial charge in [-0.15, -0.1) is 0 Å². The minimum Gasteiger partial charge on any atom is -0.304 e. The first-order chi connectivity index (χ1) is 29.2. The summed E-state index contributed by atoms with van der Waals surface area (Å²) < 4.78 is 32.4. The van der Waals surface area contributed by atoms with E-state index >= 15 is 0 Å². The highest BCUT2D eigenvalue weighted by molar-refractivity contribution is 6.75. The predicted octanol–water partition coefficient (Wildman–Crippen LogP) is 9.33. The fourth-order valence-electron chi connectivity index (χ4n) is 9.89. The molecule has 0 saturated heterocycles. The minimum absolute atomic E-state index is 0.0500. The Morgan fingerprint density at radius 3 is 1.46 bits per heavy atom. The van der Waals surface area contributed by atoms with Crippen molar-refractivity contribution in [3.8, 4) is 44.5 Å². The van der Waals surface area contributed by atoms with Gasteiger partial charge in [-0.25, -0.2) is 0 Å².